The third kappa shape index (κ3) is 3.91. The van der Waals surface area contributed by atoms with E-state index in [1.54, 1.807) is 11.8 Å². The molecule has 0 bridgehead atoms. The lowest BCUT2D eigenvalue weighted by Crippen LogP contribution is -2.55. The van der Waals surface area contributed by atoms with Crippen LogP contribution in [0.5, 0.6) is 0 Å². The Hall–Kier alpha value is -0.590. The lowest BCUT2D eigenvalue weighted by atomic mass is 10.0. The molecule has 0 spiro atoms. The van der Waals surface area contributed by atoms with E-state index in [2.05, 4.69) is 26.0 Å². The van der Waals surface area contributed by atoms with Gasteiger partial charge in [0.05, 0.1) is 12.7 Å². The molecule has 23 heavy (non-hydrogen) atoms. The van der Waals surface area contributed by atoms with Crippen LogP contribution in [0.2, 0.25) is 0 Å². The molecule has 0 N–H and O–H groups in total. The smallest absolute Gasteiger partial charge is 0.164 e. The first kappa shape index (κ1) is 17.2. The Kier molecular flexibility index (Phi) is 5.33. The summed E-state index contributed by atoms with van der Waals surface area (Å²) < 4.78 is 24.6. The third-order valence-electron chi connectivity index (χ3n) is 4.18. The van der Waals surface area contributed by atoms with Crippen LogP contribution in [-0.4, -0.2) is 41.4 Å². The Morgan fingerprint density at radius 1 is 1.13 bits per heavy atom. The number of rotatable bonds is 5. The Balaban J connectivity index is 1.75. The summed E-state index contributed by atoms with van der Waals surface area (Å²) in [5, 5.41) is 0. The summed E-state index contributed by atoms with van der Waals surface area (Å²) in [6.07, 6.45) is -0.313. The first-order chi connectivity index (χ1) is 11.0. The Morgan fingerprint density at radius 2 is 1.83 bits per heavy atom. The topological polar surface area (TPSA) is 36.9 Å². The standard InChI is InChI=1S/C18H26O4S/c1-5-23-17-16(19-11-13-9-7-6-8-10-13)15-14(12(2)20-17)21-18(3,4)22-15/h6-10,12,14-17H,5,11H2,1-4H3/t12-,14+,15+,16-,17-/m1/s1. The summed E-state index contributed by atoms with van der Waals surface area (Å²) in [5.74, 6) is 0.386. The van der Waals surface area contributed by atoms with Crippen LogP contribution in [0.15, 0.2) is 30.3 Å². The Bertz CT molecular complexity index is 507. The summed E-state index contributed by atoms with van der Waals surface area (Å²) in [5.41, 5.74) is 1.12. The van der Waals surface area contributed by atoms with E-state index in [-0.39, 0.29) is 29.9 Å². The maximum atomic E-state index is 6.24. The molecule has 0 radical (unpaired) electrons. The summed E-state index contributed by atoms with van der Waals surface area (Å²) in [6, 6.07) is 10.2. The molecule has 4 nitrogen and oxygen atoms in total. The quantitative estimate of drug-likeness (QED) is 0.820. The number of hydrogen-bond acceptors (Lipinski definition) is 5. The zero-order valence-electron chi connectivity index (χ0n) is 14.2. The molecule has 128 valence electrons. The van der Waals surface area contributed by atoms with Gasteiger partial charge in [0, 0.05) is 0 Å². The molecule has 2 aliphatic heterocycles. The van der Waals surface area contributed by atoms with Gasteiger partial charge in [-0.15, -0.1) is 11.8 Å². The van der Waals surface area contributed by atoms with Crippen molar-refractivity contribution >= 4 is 11.8 Å². The Morgan fingerprint density at radius 3 is 2.52 bits per heavy atom. The predicted octanol–water partition coefficient (Wildman–Crippen LogP) is 3.59. The second-order valence-electron chi connectivity index (χ2n) is 6.49. The van der Waals surface area contributed by atoms with Crippen LogP contribution >= 0.6 is 11.8 Å². The molecule has 2 aliphatic rings. The minimum Gasteiger partial charge on any atom is -0.367 e. The normalized spacial score (nSPS) is 35.9. The van der Waals surface area contributed by atoms with E-state index >= 15 is 0 Å². The lowest BCUT2D eigenvalue weighted by molar-refractivity contribution is -0.175. The lowest BCUT2D eigenvalue weighted by Gasteiger charge is -2.40. The van der Waals surface area contributed by atoms with Crippen molar-refractivity contribution in [2.75, 3.05) is 5.75 Å². The molecule has 0 amide bonds. The molecule has 3 rings (SSSR count). The van der Waals surface area contributed by atoms with Crippen molar-refractivity contribution in [3.8, 4) is 0 Å². The van der Waals surface area contributed by atoms with Gasteiger partial charge in [0.15, 0.2) is 5.79 Å². The van der Waals surface area contributed by atoms with E-state index in [4.69, 9.17) is 18.9 Å². The van der Waals surface area contributed by atoms with Crippen molar-refractivity contribution in [1.29, 1.82) is 0 Å². The van der Waals surface area contributed by atoms with Crippen LogP contribution in [0.25, 0.3) is 0 Å². The van der Waals surface area contributed by atoms with Gasteiger partial charge in [-0.3, -0.25) is 0 Å². The van der Waals surface area contributed by atoms with Crippen molar-refractivity contribution in [2.24, 2.45) is 0 Å². The minimum atomic E-state index is -0.590. The molecule has 2 heterocycles. The fourth-order valence-electron chi connectivity index (χ4n) is 3.19. The zero-order chi connectivity index (χ0) is 16.4. The number of fused-ring (bicyclic) bond motifs is 1. The van der Waals surface area contributed by atoms with Crippen LogP contribution in [0.4, 0.5) is 0 Å². The van der Waals surface area contributed by atoms with Gasteiger partial charge >= 0.3 is 0 Å². The first-order valence-electron chi connectivity index (χ1n) is 8.28. The van der Waals surface area contributed by atoms with Crippen molar-refractivity contribution in [3.63, 3.8) is 0 Å². The zero-order valence-corrected chi connectivity index (χ0v) is 15.0. The van der Waals surface area contributed by atoms with E-state index in [1.165, 1.54) is 0 Å². The van der Waals surface area contributed by atoms with Crippen LogP contribution < -0.4 is 0 Å². The van der Waals surface area contributed by atoms with Crippen LogP contribution in [0.1, 0.15) is 33.3 Å². The minimum absolute atomic E-state index is 0.00222. The van der Waals surface area contributed by atoms with E-state index in [9.17, 15) is 0 Å². The van der Waals surface area contributed by atoms with Gasteiger partial charge in [-0.25, -0.2) is 0 Å². The molecule has 2 fully saturated rings. The maximum Gasteiger partial charge on any atom is 0.164 e. The van der Waals surface area contributed by atoms with E-state index in [0.29, 0.717) is 6.61 Å². The molecular formula is C18H26O4S. The van der Waals surface area contributed by atoms with Gasteiger partial charge in [-0.05, 0) is 32.1 Å². The van der Waals surface area contributed by atoms with Gasteiger partial charge in [-0.2, -0.15) is 0 Å². The summed E-state index contributed by atoms with van der Waals surface area (Å²) in [7, 11) is 0. The van der Waals surface area contributed by atoms with Crippen molar-refractivity contribution in [2.45, 2.75) is 69.9 Å². The highest BCUT2D eigenvalue weighted by Gasteiger charge is 2.54. The molecule has 1 aromatic carbocycles. The highest BCUT2D eigenvalue weighted by atomic mass is 32.2. The SMILES string of the molecule is CCS[C@H]1O[C@H](C)[C@@H]2OC(C)(C)O[C@@H]2[C@H]1OCc1ccccc1. The molecule has 1 aromatic rings. The second kappa shape index (κ2) is 7.11. The van der Waals surface area contributed by atoms with E-state index in [1.807, 2.05) is 32.0 Å². The van der Waals surface area contributed by atoms with E-state index in [0.717, 1.165) is 11.3 Å². The molecule has 0 aliphatic carbocycles. The number of hydrogen-bond donors (Lipinski definition) is 0. The average Bonchev–Trinajstić information content (AvgIpc) is 2.84. The number of ether oxygens (including phenoxy) is 4. The average molecular weight is 338 g/mol. The molecule has 0 aromatic heterocycles. The van der Waals surface area contributed by atoms with Gasteiger partial charge < -0.3 is 18.9 Å². The fraction of sp³-hybridized carbons (Fsp3) is 0.667. The highest BCUT2D eigenvalue weighted by molar-refractivity contribution is 7.99. The fourth-order valence-corrected chi connectivity index (χ4v) is 4.20. The second-order valence-corrected chi connectivity index (χ2v) is 7.87. The molecule has 5 atom stereocenters. The molecular weight excluding hydrogens is 312 g/mol. The van der Waals surface area contributed by atoms with Gasteiger partial charge in [0.1, 0.15) is 23.7 Å². The molecule has 2 saturated heterocycles. The molecule has 5 heteroatoms. The molecule has 0 saturated carbocycles. The third-order valence-corrected chi connectivity index (χ3v) is 5.22. The van der Waals surface area contributed by atoms with Crippen molar-refractivity contribution in [3.05, 3.63) is 35.9 Å². The van der Waals surface area contributed by atoms with Gasteiger partial charge in [0.25, 0.3) is 0 Å². The van der Waals surface area contributed by atoms with Crippen molar-refractivity contribution < 1.29 is 18.9 Å². The van der Waals surface area contributed by atoms with Crippen LogP contribution in [0.3, 0.4) is 0 Å². The number of thioether (sulfide) groups is 1. The highest BCUT2D eigenvalue weighted by Crippen LogP contribution is 2.41. The van der Waals surface area contributed by atoms with Crippen LogP contribution in [-0.2, 0) is 25.6 Å². The summed E-state index contributed by atoms with van der Waals surface area (Å²) in [6.45, 7) is 8.65. The van der Waals surface area contributed by atoms with Crippen molar-refractivity contribution in [1.82, 2.24) is 0 Å². The maximum absolute atomic E-state index is 6.24. The van der Waals surface area contributed by atoms with E-state index < -0.39 is 5.79 Å². The number of benzene rings is 1. The predicted molar refractivity (Wildman–Crippen MR) is 91.3 cm³/mol. The largest absolute Gasteiger partial charge is 0.367 e. The first-order valence-corrected chi connectivity index (χ1v) is 9.33. The van der Waals surface area contributed by atoms with Crippen LogP contribution in [0, 0.1) is 0 Å². The summed E-state index contributed by atoms with van der Waals surface area (Å²) >= 11 is 1.77. The molecule has 0 unspecified atom stereocenters. The van der Waals surface area contributed by atoms with Gasteiger partial charge in [-0.1, -0.05) is 37.3 Å². The monoisotopic (exact) mass is 338 g/mol. The Labute approximate surface area is 142 Å². The summed E-state index contributed by atoms with van der Waals surface area (Å²) in [4.78, 5) is 0. The van der Waals surface area contributed by atoms with Gasteiger partial charge in [0.2, 0.25) is 0 Å².